The van der Waals surface area contributed by atoms with Gasteiger partial charge in [-0.05, 0) is 55.3 Å². The summed E-state index contributed by atoms with van der Waals surface area (Å²) in [7, 11) is -3.68. The summed E-state index contributed by atoms with van der Waals surface area (Å²) in [4.78, 5) is 17.0. The summed E-state index contributed by atoms with van der Waals surface area (Å²) >= 11 is 3.06. The lowest BCUT2D eigenvalue weighted by molar-refractivity contribution is 0.0693. The Morgan fingerprint density at radius 1 is 1.13 bits per heavy atom. The molecule has 1 aliphatic heterocycles. The lowest BCUT2D eigenvalue weighted by Crippen LogP contribution is -2.38. The molecule has 162 valence electrons. The third-order valence-electron chi connectivity index (χ3n) is 5.19. The molecule has 30 heavy (non-hydrogen) atoms. The largest absolute Gasteiger partial charge is 0.339 e. The molecule has 2 aromatic rings. The van der Waals surface area contributed by atoms with Gasteiger partial charge in [-0.3, -0.25) is 4.79 Å². The fourth-order valence-corrected chi connectivity index (χ4v) is 5.89. The molecule has 1 saturated heterocycles. The Labute approximate surface area is 188 Å². The first kappa shape index (κ1) is 23.2. The van der Waals surface area contributed by atoms with E-state index >= 15 is 0 Å². The molecule has 1 aliphatic rings. The topological polar surface area (TPSA) is 66.5 Å². The number of hydrogen-bond acceptors (Lipinski definition) is 5. The third kappa shape index (κ3) is 6.03. The molecular formula is C22H28N2O3S3. The van der Waals surface area contributed by atoms with Crippen molar-refractivity contribution in [1.82, 2.24) is 9.62 Å². The number of sulfonamides is 1. The third-order valence-corrected chi connectivity index (χ3v) is 8.46. The molecule has 1 fully saturated rings. The highest BCUT2D eigenvalue weighted by Crippen LogP contribution is 2.27. The number of carbonyl (C=O) groups excluding carboxylic acids is 1. The molecule has 0 radical (unpaired) electrons. The van der Waals surface area contributed by atoms with Crippen molar-refractivity contribution < 1.29 is 13.2 Å². The highest BCUT2D eigenvalue weighted by Gasteiger charge is 2.25. The summed E-state index contributed by atoms with van der Waals surface area (Å²) in [6, 6.07) is 14.7. The Bertz CT molecular complexity index is 957. The summed E-state index contributed by atoms with van der Waals surface area (Å²) in [5.41, 5.74) is 0.471. The molecule has 1 heterocycles. The molecule has 0 unspecified atom stereocenters. The van der Waals surface area contributed by atoms with Gasteiger partial charge >= 0.3 is 0 Å². The van der Waals surface area contributed by atoms with Gasteiger partial charge in [-0.1, -0.05) is 25.1 Å². The van der Waals surface area contributed by atoms with Crippen molar-refractivity contribution in [3.05, 3.63) is 54.1 Å². The van der Waals surface area contributed by atoms with Crippen LogP contribution in [0.2, 0.25) is 0 Å². The van der Waals surface area contributed by atoms with Crippen LogP contribution in [0.1, 0.15) is 30.1 Å². The molecule has 2 aromatic carbocycles. The van der Waals surface area contributed by atoms with Crippen molar-refractivity contribution in [2.45, 2.75) is 34.5 Å². The molecule has 8 heteroatoms. The van der Waals surface area contributed by atoms with Gasteiger partial charge in [0.05, 0.1) is 10.5 Å². The number of carbonyl (C=O) groups is 1. The van der Waals surface area contributed by atoms with Gasteiger partial charge in [-0.15, -0.1) is 23.5 Å². The highest BCUT2D eigenvalue weighted by atomic mass is 32.2. The number of thioether (sulfide) groups is 2. The number of likely N-dealkylation sites (tertiary alicyclic amines) is 1. The van der Waals surface area contributed by atoms with Gasteiger partial charge in [0.25, 0.3) is 5.91 Å². The van der Waals surface area contributed by atoms with Crippen molar-refractivity contribution >= 4 is 39.5 Å². The standard InChI is InChI=1S/C22H28N2O3S3/c1-17-10-13-24(14-11-17)22(25)20-16-19(8-9-21(20)28-2)30(26,27)23-12-15-29-18-6-4-3-5-7-18/h3-9,16-17,23H,10-15H2,1-2H3. The van der Waals surface area contributed by atoms with Gasteiger partial charge in [0.15, 0.2) is 0 Å². The maximum Gasteiger partial charge on any atom is 0.255 e. The molecule has 3 rings (SSSR count). The molecule has 0 aromatic heterocycles. The summed E-state index contributed by atoms with van der Waals surface area (Å²) in [6.07, 6.45) is 3.87. The molecule has 0 saturated carbocycles. The monoisotopic (exact) mass is 464 g/mol. The van der Waals surface area contributed by atoms with E-state index in [0.717, 1.165) is 35.7 Å². The smallest absolute Gasteiger partial charge is 0.255 e. The van der Waals surface area contributed by atoms with E-state index in [1.165, 1.54) is 17.8 Å². The number of amides is 1. The van der Waals surface area contributed by atoms with Gasteiger partial charge in [0.1, 0.15) is 0 Å². The summed E-state index contributed by atoms with van der Waals surface area (Å²) in [6.45, 7) is 3.96. The van der Waals surface area contributed by atoms with Gasteiger partial charge in [0, 0.05) is 35.2 Å². The summed E-state index contributed by atoms with van der Waals surface area (Å²) in [5, 5.41) is 0. The van der Waals surface area contributed by atoms with Crippen molar-refractivity contribution in [3.8, 4) is 0 Å². The van der Waals surface area contributed by atoms with E-state index in [4.69, 9.17) is 0 Å². The summed E-state index contributed by atoms with van der Waals surface area (Å²) in [5.74, 6) is 1.17. The quantitative estimate of drug-likeness (QED) is 0.465. The number of hydrogen-bond donors (Lipinski definition) is 1. The fourth-order valence-electron chi connectivity index (χ4n) is 3.35. The van der Waals surface area contributed by atoms with Crippen molar-refractivity contribution in [3.63, 3.8) is 0 Å². The predicted molar refractivity (Wildman–Crippen MR) is 125 cm³/mol. The lowest BCUT2D eigenvalue weighted by Gasteiger charge is -2.30. The van der Waals surface area contributed by atoms with Crippen LogP contribution in [0.25, 0.3) is 0 Å². The van der Waals surface area contributed by atoms with Crippen LogP contribution in [0.4, 0.5) is 0 Å². The van der Waals surface area contributed by atoms with E-state index < -0.39 is 10.0 Å². The van der Waals surface area contributed by atoms with Crippen LogP contribution in [0, 0.1) is 5.92 Å². The van der Waals surface area contributed by atoms with E-state index in [9.17, 15) is 13.2 Å². The van der Waals surface area contributed by atoms with Gasteiger partial charge in [-0.25, -0.2) is 13.1 Å². The fraction of sp³-hybridized carbons (Fsp3) is 0.409. The Morgan fingerprint density at radius 2 is 1.83 bits per heavy atom. The number of rotatable bonds is 8. The van der Waals surface area contributed by atoms with Crippen molar-refractivity contribution in [2.24, 2.45) is 5.92 Å². The summed E-state index contributed by atoms with van der Waals surface area (Å²) < 4.78 is 28.2. The van der Waals surface area contributed by atoms with Crippen LogP contribution >= 0.6 is 23.5 Å². The minimum Gasteiger partial charge on any atom is -0.339 e. The van der Waals surface area contributed by atoms with Crippen molar-refractivity contribution in [2.75, 3.05) is 31.6 Å². The molecule has 0 aliphatic carbocycles. The second kappa shape index (κ2) is 10.7. The van der Waals surface area contributed by atoms with E-state index in [-0.39, 0.29) is 10.8 Å². The number of nitrogens with one attached hydrogen (secondary N) is 1. The number of piperidine rings is 1. The van der Waals surface area contributed by atoms with E-state index in [0.29, 0.717) is 23.8 Å². The lowest BCUT2D eigenvalue weighted by atomic mass is 9.98. The van der Waals surface area contributed by atoms with Crippen LogP contribution in [-0.2, 0) is 10.0 Å². The van der Waals surface area contributed by atoms with Gasteiger partial charge in [0.2, 0.25) is 10.0 Å². The number of benzene rings is 2. The first-order valence-corrected chi connectivity index (χ1v) is 13.7. The Hall–Kier alpha value is -1.48. The zero-order chi connectivity index (χ0) is 21.6. The van der Waals surface area contributed by atoms with Crippen LogP contribution in [0.3, 0.4) is 0 Å². The second-order valence-corrected chi connectivity index (χ2v) is 11.2. The van der Waals surface area contributed by atoms with Crippen LogP contribution in [0.5, 0.6) is 0 Å². The normalized spacial score (nSPS) is 15.3. The molecular weight excluding hydrogens is 436 g/mol. The van der Waals surface area contributed by atoms with E-state index in [2.05, 4.69) is 11.6 Å². The second-order valence-electron chi connectivity index (χ2n) is 7.40. The zero-order valence-corrected chi connectivity index (χ0v) is 19.8. The molecule has 0 atom stereocenters. The van der Waals surface area contributed by atoms with Crippen LogP contribution < -0.4 is 4.72 Å². The van der Waals surface area contributed by atoms with Crippen molar-refractivity contribution in [1.29, 1.82) is 0 Å². The van der Waals surface area contributed by atoms with Crippen LogP contribution in [-0.4, -0.2) is 50.9 Å². The molecule has 1 amide bonds. The van der Waals surface area contributed by atoms with E-state index in [1.54, 1.807) is 23.9 Å². The Balaban J connectivity index is 1.68. The maximum absolute atomic E-state index is 13.1. The predicted octanol–water partition coefficient (Wildman–Crippen LogP) is 4.35. The highest BCUT2D eigenvalue weighted by molar-refractivity contribution is 7.99. The number of nitrogens with zero attached hydrogens (tertiary/aromatic N) is 1. The van der Waals surface area contributed by atoms with Gasteiger partial charge < -0.3 is 4.90 Å². The zero-order valence-electron chi connectivity index (χ0n) is 17.3. The minimum atomic E-state index is -3.68. The Morgan fingerprint density at radius 3 is 2.50 bits per heavy atom. The minimum absolute atomic E-state index is 0.0806. The molecule has 5 nitrogen and oxygen atoms in total. The average molecular weight is 465 g/mol. The van der Waals surface area contributed by atoms with Gasteiger partial charge in [-0.2, -0.15) is 0 Å². The molecule has 1 N–H and O–H groups in total. The maximum atomic E-state index is 13.1. The van der Waals surface area contributed by atoms with E-state index in [1.807, 2.05) is 41.5 Å². The molecule has 0 spiro atoms. The van der Waals surface area contributed by atoms with Crippen LogP contribution in [0.15, 0.2) is 63.2 Å². The first-order valence-electron chi connectivity index (χ1n) is 10.1. The Kier molecular flexibility index (Phi) is 8.27. The SMILES string of the molecule is CSc1ccc(S(=O)(=O)NCCSc2ccccc2)cc1C(=O)N1CCC(C)CC1. The average Bonchev–Trinajstić information content (AvgIpc) is 2.77. The molecule has 0 bridgehead atoms. The first-order chi connectivity index (χ1) is 14.4.